The van der Waals surface area contributed by atoms with Gasteiger partial charge in [-0.15, -0.1) is 11.8 Å². The van der Waals surface area contributed by atoms with Crippen LogP contribution >= 0.6 is 11.8 Å². The molecule has 6 rings (SSSR count). The van der Waals surface area contributed by atoms with Gasteiger partial charge in [0.15, 0.2) is 5.65 Å². The van der Waals surface area contributed by atoms with Crippen molar-refractivity contribution < 1.29 is 0 Å². The quantitative estimate of drug-likeness (QED) is 0.338. The molecule has 0 N–H and O–H groups in total. The third kappa shape index (κ3) is 1.70. The Balaban J connectivity index is 2.10. The molecule has 0 fully saturated rings. The van der Waals surface area contributed by atoms with Crippen LogP contribution in [0.1, 0.15) is 5.56 Å². The van der Waals surface area contributed by atoms with E-state index in [4.69, 9.17) is 4.98 Å². The summed E-state index contributed by atoms with van der Waals surface area (Å²) in [5.41, 5.74) is 4.50. The van der Waals surface area contributed by atoms with Gasteiger partial charge in [0, 0.05) is 15.7 Å². The zero-order valence-electron chi connectivity index (χ0n) is 14.5. The monoisotopic (exact) mass is 363 g/mol. The molecule has 0 saturated carbocycles. The number of hydrogen-bond donors (Lipinski definition) is 0. The highest BCUT2D eigenvalue weighted by Crippen LogP contribution is 2.45. The number of fused-ring (bicyclic) bond motifs is 7. The summed E-state index contributed by atoms with van der Waals surface area (Å²) in [6.07, 6.45) is 2.04. The van der Waals surface area contributed by atoms with Crippen molar-refractivity contribution in [1.82, 2.24) is 9.38 Å². The molecule has 2 aromatic heterocycles. The van der Waals surface area contributed by atoms with E-state index in [0.717, 1.165) is 32.5 Å². The summed E-state index contributed by atoms with van der Waals surface area (Å²) in [5.74, 6) is 0. The van der Waals surface area contributed by atoms with Crippen molar-refractivity contribution in [1.29, 1.82) is 5.26 Å². The van der Waals surface area contributed by atoms with Gasteiger partial charge in [-0.05, 0) is 34.5 Å². The van der Waals surface area contributed by atoms with Crippen molar-refractivity contribution >= 4 is 60.9 Å². The van der Waals surface area contributed by atoms with E-state index in [1.165, 1.54) is 21.5 Å². The number of pyridine rings is 1. The number of hydrogen-bond acceptors (Lipinski definition) is 3. The van der Waals surface area contributed by atoms with Crippen LogP contribution in [0.25, 0.3) is 49.1 Å². The maximum absolute atomic E-state index is 10.00. The summed E-state index contributed by atoms with van der Waals surface area (Å²) < 4.78 is 2.18. The molecule has 0 atom stereocenters. The van der Waals surface area contributed by atoms with E-state index in [-0.39, 0.29) is 0 Å². The largest absolute Gasteiger partial charge is 0.290 e. The Morgan fingerprint density at radius 1 is 0.926 bits per heavy atom. The van der Waals surface area contributed by atoms with Crippen LogP contribution in [0.3, 0.4) is 0 Å². The highest BCUT2D eigenvalue weighted by Gasteiger charge is 2.23. The predicted octanol–water partition coefficient (Wildman–Crippen LogP) is 5.98. The Bertz CT molecular complexity index is 1560. The molecule has 0 aliphatic rings. The molecule has 0 amide bonds. The van der Waals surface area contributed by atoms with E-state index in [9.17, 15) is 5.26 Å². The fraction of sp³-hybridized carbons (Fsp3) is 0.0435. The highest BCUT2D eigenvalue weighted by molar-refractivity contribution is 7.99. The van der Waals surface area contributed by atoms with Crippen molar-refractivity contribution in [2.45, 2.75) is 4.90 Å². The van der Waals surface area contributed by atoms with Gasteiger partial charge < -0.3 is 0 Å². The van der Waals surface area contributed by atoms with Crippen LogP contribution in [0.15, 0.2) is 65.6 Å². The van der Waals surface area contributed by atoms with Crippen LogP contribution in [0.4, 0.5) is 0 Å². The molecule has 6 aromatic rings. The van der Waals surface area contributed by atoms with Gasteiger partial charge in [0.2, 0.25) is 0 Å². The van der Waals surface area contributed by atoms with E-state index in [0.29, 0.717) is 5.56 Å². The van der Waals surface area contributed by atoms with Crippen LogP contribution in [0.5, 0.6) is 0 Å². The van der Waals surface area contributed by atoms with Crippen LogP contribution < -0.4 is 0 Å². The molecule has 2 heterocycles. The van der Waals surface area contributed by atoms with Gasteiger partial charge in [0.05, 0.1) is 16.6 Å². The molecule has 0 spiro atoms. The summed E-state index contributed by atoms with van der Waals surface area (Å²) in [6, 6.07) is 23.4. The summed E-state index contributed by atoms with van der Waals surface area (Å²) in [4.78, 5) is 5.84. The first-order valence-corrected chi connectivity index (χ1v) is 9.99. The van der Waals surface area contributed by atoms with E-state index in [1.54, 1.807) is 11.8 Å². The van der Waals surface area contributed by atoms with E-state index in [1.807, 2.05) is 24.5 Å². The molecule has 0 aliphatic heterocycles. The molecule has 0 aliphatic carbocycles. The fourth-order valence-corrected chi connectivity index (χ4v) is 5.17. The van der Waals surface area contributed by atoms with Gasteiger partial charge in [-0.2, -0.15) is 5.26 Å². The van der Waals surface area contributed by atoms with Crippen LogP contribution in [0.2, 0.25) is 0 Å². The average molecular weight is 363 g/mol. The first-order chi connectivity index (χ1) is 13.3. The highest BCUT2D eigenvalue weighted by atomic mass is 32.2. The Labute approximate surface area is 159 Å². The Kier molecular flexibility index (Phi) is 2.81. The molecule has 4 aromatic carbocycles. The van der Waals surface area contributed by atoms with Crippen molar-refractivity contribution in [3.63, 3.8) is 0 Å². The smallest absolute Gasteiger partial charge is 0.157 e. The number of imidazole rings is 1. The predicted molar refractivity (Wildman–Crippen MR) is 113 cm³/mol. The minimum atomic E-state index is 0.655. The van der Waals surface area contributed by atoms with Gasteiger partial charge in [0.25, 0.3) is 0 Å². The lowest BCUT2D eigenvalue weighted by molar-refractivity contribution is 1.26. The van der Waals surface area contributed by atoms with Crippen molar-refractivity contribution in [2.75, 3.05) is 6.26 Å². The van der Waals surface area contributed by atoms with Crippen molar-refractivity contribution in [3.8, 4) is 6.07 Å². The second-order valence-corrected chi connectivity index (χ2v) is 7.53. The third-order valence-electron chi connectivity index (χ3n) is 5.44. The van der Waals surface area contributed by atoms with Gasteiger partial charge in [-0.25, -0.2) is 4.98 Å². The second-order valence-electron chi connectivity index (χ2n) is 6.71. The SMILES string of the molecule is CSc1c(C#N)c2nc3ccccc3n2c2c3cccc4cccc(c12)c43. The zero-order chi connectivity index (χ0) is 18.1. The van der Waals surface area contributed by atoms with E-state index in [2.05, 4.69) is 52.9 Å². The lowest BCUT2D eigenvalue weighted by Gasteiger charge is -2.08. The van der Waals surface area contributed by atoms with E-state index < -0.39 is 0 Å². The number of nitriles is 1. The zero-order valence-corrected chi connectivity index (χ0v) is 15.3. The van der Waals surface area contributed by atoms with Gasteiger partial charge in [-0.1, -0.05) is 48.5 Å². The van der Waals surface area contributed by atoms with Gasteiger partial charge in [0.1, 0.15) is 11.6 Å². The molecule has 4 heteroatoms. The van der Waals surface area contributed by atoms with Crippen LogP contribution in [-0.4, -0.2) is 15.6 Å². The lowest BCUT2D eigenvalue weighted by Crippen LogP contribution is -1.94. The molecule has 0 saturated heterocycles. The van der Waals surface area contributed by atoms with Crippen LogP contribution in [0, 0.1) is 11.3 Å². The number of thioether (sulfide) groups is 1. The summed E-state index contributed by atoms with van der Waals surface area (Å²) in [5, 5.41) is 16.1. The minimum absolute atomic E-state index is 0.655. The minimum Gasteiger partial charge on any atom is -0.290 e. The molecular weight excluding hydrogens is 350 g/mol. The molecule has 126 valence electrons. The Morgan fingerprint density at radius 2 is 1.70 bits per heavy atom. The number of para-hydroxylation sites is 2. The number of benzene rings is 3. The average Bonchev–Trinajstić information content (AvgIpc) is 3.25. The number of nitrogens with zero attached hydrogens (tertiary/aromatic N) is 3. The van der Waals surface area contributed by atoms with Gasteiger partial charge in [-0.3, -0.25) is 4.40 Å². The molecule has 0 radical (unpaired) electrons. The lowest BCUT2D eigenvalue weighted by atomic mass is 10.1. The molecule has 3 nitrogen and oxygen atoms in total. The van der Waals surface area contributed by atoms with Gasteiger partial charge >= 0.3 is 0 Å². The Hall–Kier alpha value is -3.29. The summed E-state index contributed by atoms with van der Waals surface area (Å²) in [7, 11) is 0. The summed E-state index contributed by atoms with van der Waals surface area (Å²) in [6.45, 7) is 0. The fourth-order valence-electron chi connectivity index (χ4n) is 4.42. The van der Waals surface area contributed by atoms with Crippen molar-refractivity contribution in [3.05, 3.63) is 66.2 Å². The Morgan fingerprint density at radius 3 is 2.48 bits per heavy atom. The summed E-state index contributed by atoms with van der Waals surface area (Å²) >= 11 is 1.63. The molecule has 0 bridgehead atoms. The second kappa shape index (κ2) is 5.12. The first-order valence-electron chi connectivity index (χ1n) is 8.77. The molecule has 27 heavy (non-hydrogen) atoms. The normalized spacial score (nSPS) is 12.0. The van der Waals surface area contributed by atoms with E-state index >= 15 is 0 Å². The maximum Gasteiger partial charge on any atom is 0.157 e. The van der Waals surface area contributed by atoms with Crippen molar-refractivity contribution in [2.24, 2.45) is 0 Å². The molecule has 0 unspecified atom stereocenters. The third-order valence-corrected chi connectivity index (χ3v) is 6.26. The number of rotatable bonds is 1. The first kappa shape index (κ1) is 14.8. The maximum atomic E-state index is 10.00. The standard InChI is InChI=1S/C23H13N3S/c1-27-22-16(12-24)23-25-17-10-2-3-11-18(17)26(23)21-15-9-5-7-13-6-4-8-14(19(13)15)20(21)22/h2-11H,1H3. The van der Waals surface area contributed by atoms with Crippen LogP contribution in [-0.2, 0) is 0 Å². The topological polar surface area (TPSA) is 41.1 Å². The molecular formula is C23H13N3S. The number of aromatic nitrogens is 2.